The second-order valence-electron chi connectivity index (χ2n) is 7.02. The number of aryl methyl sites for hydroxylation is 1. The number of ether oxygens (including phenoxy) is 2. The van der Waals surface area contributed by atoms with Crippen LogP contribution in [0.4, 0.5) is 0 Å². The first-order valence-corrected chi connectivity index (χ1v) is 9.44. The second-order valence-corrected chi connectivity index (χ2v) is 7.45. The van der Waals surface area contributed by atoms with E-state index in [4.69, 9.17) is 21.1 Å². The van der Waals surface area contributed by atoms with Crippen LogP contribution in [0.2, 0.25) is 5.02 Å². The van der Waals surface area contributed by atoms with Gasteiger partial charge in [0.2, 0.25) is 0 Å². The van der Waals surface area contributed by atoms with Crippen molar-refractivity contribution in [2.24, 2.45) is 0 Å². The molecule has 1 fully saturated rings. The van der Waals surface area contributed by atoms with Crippen molar-refractivity contribution < 1.29 is 14.3 Å². The molecular weight excluding hydrogens is 350 g/mol. The zero-order valence-corrected chi connectivity index (χ0v) is 15.4. The van der Waals surface area contributed by atoms with Crippen LogP contribution in [0.1, 0.15) is 24.8 Å². The van der Waals surface area contributed by atoms with Crippen LogP contribution in [0.15, 0.2) is 48.5 Å². The Morgan fingerprint density at radius 3 is 2.58 bits per heavy atom. The van der Waals surface area contributed by atoms with E-state index in [1.807, 2.05) is 17.0 Å². The first-order valence-electron chi connectivity index (χ1n) is 9.07. The molecule has 4 nitrogen and oxygen atoms in total. The largest absolute Gasteiger partial charge is 0.487 e. The lowest BCUT2D eigenvalue weighted by Gasteiger charge is -2.44. The third-order valence-electron chi connectivity index (χ3n) is 5.35. The van der Waals surface area contributed by atoms with Crippen LogP contribution in [0.3, 0.4) is 0 Å². The van der Waals surface area contributed by atoms with Crippen molar-refractivity contribution in [2.45, 2.75) is 31.3 Å². The molecule has 2 heterocycles. The molecule has 0 radical (unpaired) electrons. The van der Waals surface area contributed by atoms with Crippen molar-refractivity contribution in [3.05, 3.63) is 59.1 Å². The number of benzene rings is 2. The Balaban J connectivity index is 1.31. The van der Waals surface area contributed by atoms with E-state index < -0.39 is 0 Å². The minimum absolute atomic E-state index is 0.0195. The molecule has 1 amide bonds. The molecule has 2 aliphatic rings. The number of rotatable bonds is 3. The van der Waals surface area contributed by atoms with Gasteiger partial charge >= 0.3 is 0 Å². The lowest BCUT2D eigenvalue weighted by atomic mass is 9.83. The van der Waals surface area contributed by atoms with Crippen LogP contribution in [-0.2, 0) is 11.2 Å². The number of carbonyl (C=O) groups is 1. The minimum atomic E-state index is -0.123. The predicted octanol–water partition coefficient (Wildman–Crippen LogP) is 4.11. The van der Waals surface area contributed by atoms with Gasteiger partial charge in [-0.1, -0.05) is 29.8 Å². The number of nitrogens with zero attached hydrogens (tertiary/aromatic N) is 1. The molecule has 0 N–H and O–H groups in total. The molecule has 0 atom stereocenters. The number of hydrogen-bond donors (Lipinski definition) is 0. The fourth-order valence-electron chi connectivity index (χ4n) is 3.74. The highest BCUT2D eigenvalue weighted by Crippen LogP contribution is 2.39. The van der Waals surface area contributed by atoms with Crippen molar-refractivity contribution >= 4 is 17.5 Å². The van der Waals surface area contributed by atoms with Gasteiger partial charge in [-0.05, 0) is 48.7 Å². The fraction of sp³-hybridized carbons (Fsp3) is 0.381. The van der Waals surface area contributed by atoms with Crippen molar-refractivity contribution in [1.82, 2.24) is 4.90 Å². The number of likely N-dealkylation sites (tertiary alicyclic amines) is 1. The number of fused-ring (bicyclic) bond motifs is 1. The van der Waals surface area contributed by atoms with Crippen molar-refractivity contribution in [3.8, 4) is 11.5 Å². The van der Waals surface area contributed by atoms with Gasteiger partial charge in [0.05, 0.1) is 0 Å². The maximum absolute atomic E-state index is 12.4. The third kappa shape index (κ3) is 3.65. The van der Waals surface area contributed by atoms with Crippen molar-refractivity contribution in [1.29, 1.82) is 0 Å². The van der Waals surface area contributed by atoms with Gasteiger partial charge in [-0.3, -0.25) is 4.79 Å². The molecule has 2 aromatic rings. The van der Waals surface area contributed by atoms with Crippen LogP contribution in [0, 0.1) is 0 Å². The lowest BCUT2D eigenvalue weighted by molar-refractivity contribution is -0.137. The summed E-state index contributed by atoms with van der Waals surface area (Å²) < 4.78 is 11.9. The van der Waals surface area contributed by atoms with Gasteiger partial charge in [0.1, 0.15) is 17.1 Å². The molecule has 0 unspecified atom stereocenters. The molecule has 0 aromatic heterocycles. The van der Waals surface area contributed by atoms with Gasteiger partial charge in [0, 0.05) is 31.0 Å². The molecule has 0 saturated carbocycles. The highest BCUT2D eigenvalue weighted by molar-refractivity contribution is 6.30. The summed E-state index contributed by atoms with van der Waals surface area (Å²) in [4.78, 5) is 14.3. The van der Waals surface area contributed by atoms with Gasteiger partial charge in [-0.2, -0.15) is 0 Å². The third-order valence-corrected chi connectivity index (χ3v) is 5.60. The van der Waals surface area contributed by atoms with Crippen LogP contribution >= 0.6 is 11.6 Å². The Morgan fingerprint density at radius 1 is 1.08 bits per heavy atom. The average Bonchev–Trinajstić information content (AvgIpc) is 2.68. The number of amides is 1. The molecule has 0 aliphatic carbocycles. The fourth-order valence-corrected chi connectivity index (χ4v) is 3.87. The zero-order chi connectivity index (χ0) is 18.0. The normalized spacial score (nSPS) is 18.1. The van der Waals surface area contributed by atoms with E-state index in [1.54, 1.807) is 24.3 Å². The van der Waals surface area contributed by atoms with Crippen LogP contribution in [-0.4, -0.2) is 36.1 Å². The Labute approximate surface area is 158 Å². The van der Waals surface area contributed by atoms with Crippen molar-refractivity contribution in [3.63, 3.8) is 0 Å². The van der Waals surface area contributed by atoms with E-state index in [1.165, 1.54) is 5.56 Å². The zero-order valence-electron chi connectivity index (χ0n) is 14.6. The number of piperidine rings is 1. The highest BCUT2D eigenvalue weighted by atomic mass is 35.5. The van der Waals surface area contributed by atoms with Crippen molar-refractivity contribution in [2.75, 3.05) is 19.7 Å². The molecule has 1 spiro atoms. The van der Waals surface area contributed by atoms with Crippen LogP contribution < -0.4 is 9.47 Å². The summed E-state index contributed by atoms with van der Waals surface area (Å²) in [7, 11) is 0. The smallest absolute Gasteiger partial charge is 0.260 e. The first-order chi connectivity index (χ1) is 12.6. The highest BCUT2D eigenvalue weighted by Gasteiger charge is 2.40. The van der Waals surface area contributed by atoms with E-state index in [9.17, 15) is 4.79 Å². The molecule has 2 aliphatic heterocycles. The maximum Gasteiger partial charge on any atom is 0.260 e. The number of para-hydroxylation sites is 1. The van der Waals surface area contributed by atoms with E-state index >= 15 is 0 Å². The Bertz CT molecular complexity index is 782. The summed E-state index contributed by atoms with van der Waals surface area (Å²) in [5.74, 6) is 1.68. The molecule has 26 heavy (non-hydrogen) atoms. The van der Waals surface area contributed by atoms with Gasteiger partial charge in [-0.15, -0.1) is 0 Å². The molecule has 1 saturated heterocycles. The molecule has 2 aromatic carbocycles. The van der Waals surface area contributed by atoms with Crippen LogP contribution in [0.5, 0.6) is 11.5 Å². The average molecular weight is 372 g/mol. The molecular formula is C21H22ClNO3. The summed E-state index contributed by atoms with van der Waals surface area (Å²) in [6, 6.07) is 15.3. The number of carbonyl (C=O) groups excluding carboxylic acids is 1. The molecule has 136 valence electrons. The predicted molar refractivity (Wildman–Crippen MR) is 101 cm³/mol. The Morgan fingerprint density at radius 2 is 1.81 bits per heavy atom. The van der Waals surface area contributed by atoms with Gasteiger partial charge in [0.25, 0.3) is 5.91 Å². The summed E-state index contributed by atoms with van der Waals surface area (Å²) in [5.41, 5.74) is 1.16. The monoisotopic (exact) mass is 371 g/mol. The van der Waals surface area contributed by atoms with E-state index in [2.05, 4.69) is 12.1 Å². The molecule has 5 heteroatoms. The number of hydrogen-bond acceptors (Lipinski definition) is 3. The lowest BCUT2D eigenvalue weighted by Crippen LogP contribution is -2.52. The van der Waals surface area contributed by atoms with Gasteiger partial charge in [0.15, 0.2) is 6.61 Å². The quantitative estimate of drug-likeness (QED) is 0.815. The van der Waals surface area contributed by atoms with E-state index in [-0.39, 0.29) is 18.1 Å². The summed E-state index contributed by atoms with van der Waals surface area (Å²) in [6.45, 7) is 1.48. The second kappa shape index (κ2) is 7.20. The standard InChI is InChI=1S/C21H22ClNO3/c22-17-5-7-18(8-6-17)25-15-20(24)23-13-11-21(12-14-23)10-9-16-3-1-2-4-19(16)26-21/h1-8H,9-15H2. The molecule has 0 bridgehead atoms. The Hall–Kier alpha value is -2.20. The maximum atomic E-state index is 12.4. The van der Waals surface area contributed by atoms with Crippen LogP contribution in [0.25, 0.3) is 0 Å². The van der Waals surface area contributed by atoms with E-state index in [0.717, 1.165) is 31.4 Å². The molecule has 4 rings (SSSR count). The number of halogens is 1. The Kier molecular flexibility index (Phi) is 4.77. The first kappa shape index (κ1) is 17.2. The van der Waals surface area contributed by atoms with Gasteiger partial charge < -0.3 is 14.4 Å². The van der Waals surface area contributed by atoms with E-state index in [0.29, 0.717) is 23.9 Å². The SMILES string of the molecule is O=C(COc1ccc(Cl)cc1)N1CCC2(CCc3ccccc3O2)CC1. The topological polar surface area (TPSA) is 38.8 Å². The summed E-state index contributed by atoms with van der Waals surface area (Å²) >= 11 is 5.86. The summed E-state index contributed by atoms with van der Waals surface area (Å²) in [6.07, 6.45) is 3.80. The minimum Gasteiger partial charge on any atom is -0.487 e. The van der Waals surface area contributed by atoms with Gasteiger partial charge in [-0.25, -0.2) is 0 Å². The summed E-state index contributed by atoms with van der Waals surface area (Å²) in [5, 5.41) is 0.652.